The predicted octanol–water partition coefficient (Wildman–Crippen LogP) is 0.825. The molecule has 1 aliphatic rings. The van der Waals surface area contributed by atoms with Crippen molar-refractivity contribution in [1.29, 1.82) is 0 Å². The van der Waals surface area contributed by atoms with Crippen molar-refractivity contribution >= 4 is 10.0 Å². The Morgan fingerprint density at radius 2 is 1.90 bits per heavy atom. The van der Waals surface area contributed by atoms with Crippen LogP contribution in [0.15, 0.2) is 17.0 Å². The van der Waals surface area contributed by atoms with Gasteiger partial charge in [0.05, 0.1) is 14.2 Å². The number of ether oxygens (including phenoxy) is 2. The van der Waals surface area contributed by atoms with Crippen molar-refractivity contribution < 1.29 is 22.3 Å². The third kappa shape index (κ3) is 2.97. The first-order valence-corrected chi connectivity index (χ1v) is 8.00. The highest BCUT2D eigenvalue weighted by Gasteiger charge is 2.33. The second kappa shape index (κ2) is 6.17. The monoisotopic (exact) mass is 318 g/mol. The maximum Gasteiger partial charge on any atom is 0.246 e. The molecule has 0 spiro atoms. The van der Waals surface area contributed by atoms with Crippen LogP contribution >= 0.6 is 0 Å². The number of sulfonamides is 1. The molecule has 2 rings (SSSR count). The SMILES string of the molecule is COc1cc(F)c(S(=O)(=O)N2CCNC[C@H]2C)cc1OC. The molecule has 1 aliphatic heterocycles. The van der Waals surface area contributed by atoms with Gasteiger partial charge in [-0.3, -0.25) is 0 Å². The van der Waals surface area contributed by atoms with E-state index >= 15 is 0 Å². The zero-order chi connectivity index (χ0) is 15.6. The molecule has 0 amide bonds. The summed E-state index contributed by atoms with van der Waals surface area (Å²) in [7, 11) is -1.18. The molecule has 1 heterocycles. The molecule has 0 unspecified atom stereocenters. The van der Waals surface area contributed by atoms with Gasteiger partial charge in [0.1, 0.15) is 10.7 Å². The Kier molecular flexibility index (Phi) is 4.70. The normalized spacial score (nSPS) is 20.3. The van der Waals surface area contributed by atoms with Crippen LogP contribution in [-0.4, -0.2) is 52.6 Å². The lowest BCUT2D eigenvalue weighted by molar-refractivity contribution is 0.282. The van der Waals surface area contributed by atoms with Crippen LogP contribution in [-0.2, 0) is 10.0 Å². The largest absolute Gasteiger partial charge is 0.493 e. The van der Waals surface area contributed by atoms with Gasteiger partial charge in [0.2, 0.25) is 10.0 Å². The Bertz CT molecular complexity index is 621. The van der Waals surface area contributed by atoms with Gasteiger partial charge in [0.25, 0.3) is 0 Å². The van der Waals surface area contributed by atoms with Gasteiger partial charge >= 0.3 is 0 Å². The summed E-state index contributed by atoms with van der Waals surface area (Å²) in [6.07, 6.45) is 0. The number of nitrogens with one attached hydrogen (secondary N) is 1. The third-order valence-corrected chi connectivity index (χ3v) is 5.49. The molecule has 0 bridgehead atoms. The Morgan fingerprint density at radius 1 is 1.29 bits per heavy atom. The van der Waals surface area contributed by atoms with E-state index in [2.05, 4.69) is 5.32 Å². The molecule has 8 heteroatoms. The molecule has 1 fully saturated rings. The quantitative estimate of drug-likeness (QED) is 0.890. The fourth-order valence-electron chi connectivity index (χ4n) is 2.34. The summed E-state index contributed by atoms with van der Waals surface area (Å²) < 4.78 is 50.8. The van der Waals surface area contributed by atoms with Gasteiger partial charge in [-0.2, -0.15) is 4.31 Å². The Hall–Kier alpha value is -1.38. The molecule has 0 saturated carbocycles. The van der Waals surface area contributed by atoms with Crippen LogP contribution in [0.2, 0.25) is 0 Å². The first kappa shape index (κ1) is 16.0. The molecule has 0 aliphatic carbocycles. The third-order valence-electron chi connectivity index (χ3n) is 3.47. The van der Waals surface area contributed by atoms with E-state index in [1.807, 2.05) is 0 Å². The average molecular weight is 318 g/mol. The molecule has 1 atom stereocenters. The van der Waals surface area contributed by atoms with E-state index in [1.54, 1.807) is 6.92 Å². The second-order valence-electron chi connectivity index (χ2n) is 4.81. The molecular weight excluding hydrogens is 299 g/mol. The average Bonchev–Trinajstić information content (AvgIpc) is 2.46. The van der Waals surface area contributed by atoms with E-state index in [-0.39, 0.29) is 17.5 Å². The minimum Gasteiger partial charge on any atom is -0.493 e. The summed E-state index contributed by atoms with van der Waals surface area (Å²) >= 11 is 0. The Morgan fingerprint density at radius 3 is 2.48 bits per heavy atom. The summed E-state index contributed by atoms with van der Waals surface area (Å²) in [5.74, 6) is -0.513. The Labute approximate surface area is 123 Å². The van der Waals surface area contributed by atoms with Crippen LogP contribution < -0.4 is 14.8 Å². The first-order chi connectivity index (χ1) is 9.91. The van der Waals surface area contributed by atoms with E-state index in [0.29, 0.717) is 19.6 Å². The first-order valence-electron chi connectivity index (χ1n) is 6.56. The predicted molar refractivity (Wildman–Crippen MR) is 75.7 cm³/mol. The zero-order valence-corrected chi connectivity index (χ0v) is 13.0. The fourth-order valence-corrected chi connectivity index (χ4v) is 4.03. The molecule has 21 heavy (non-hydrogen) atoms. The fraction of sp³-hybridized carbons (Fsp3) is 0.538. The number of piperazine rings is 1. The number of benzene rings is 1. The summed E-state index contributed by atoms with van der Waals surface area (Å²) in [6.45, 7) is 3.16. The van der Waals surface area contributed by atoms with Crippen molar-refractivity contribution in [2.45, 2.75) is 17.9 Å². The molecular formula is C13H19FN2O4S. The molecule has 6 nitrogen and oxygen atoms in total. The number of halogens is 1. The maximum absolute atomic E-state index is 14.2. The number of methoxy groups -OCH3 is 2. The highest BCUT2D eigenvalue weighted by atomic mass is 32.2. The molecule has 1 saturated heterocycles. The van der Waals surface area contributed by atoms with Crippen molar-refractivity contribution in [2.24, 2.45) is 0 Å². The van der Waals surface area contributed by atoms with Crippen molar-refractivity contribution in [3.8, 4) is 11.5 Å². The van der Waals surface area contributed by atoms with Gasteiger partial charge in [0, 0.05) is 37.8 Å². The second-order valence-corrected chi connectivity index (χ2v) is 6.67. The standard InChI is InChI=1S/C13H19FN2O4S/c1-9-8-15-4-5-16(9)21(17,18)13-7-12(20-3)11(19-2)6-10(13)14/h6-7,9,15H,4-5,8H2,1-3H3/t9-/m1/s1. The molecule has 0 radical (unpaired) electrons. The summed E-state index contributed by atoms with van der Waals surface area (Å²) in [4.78, 5) is -0.395. The molecule has 1 aromatic rings. The minimum atomic E-state index is -3.92. The van der Waals surface area contributed by atoms with E-state index in [4.69, 9.17) is 9.47 Å². The van der Waals surface area contributed by atoms with E-state index in [0.717, 1.165) is 12.1 Å². The number of hydrogen-bond donors (Lipinski definition) is 1. The summed E-state index contributed by atoms with van der Waals surface area (Å²) in [5, 5.41) is 3.10. The maximum atomic E-state index is 14.2. The van der Waals surface area contributed by atoms with Crippen molar-refractivity contribution in [2.75, 3.05) is 33.9 Å². The summed E-state index contributed by atoms with van der Waals surface area (Å²) in [6, 6.07) is 1.95. The smallest absolute Gasteiger partial charge is 0.246 e. The van der Waals surface area contributed by atoms with Crippen LogP contribution in [0.3, 0.4) is 0 Å². The van der Waals surface area contributed by atoms with Crippen molar-refractivity contribution in [3.63, 3.8) is 0 Å². The number of hydrogen-bond acceptors (Lipinski definition) is 5. The van der Waals surface area contributed by atoms with Gasteiger partial charge in [0.15, 0.2) is 11.5 Å². The minimum absolute atomic E-state index is 0.155. The van der Waals surface area contributed by atoms with Gasteiger partial charge in [-0.15, -0.1) is 0 Å². The van der Waals surface area contributed by atoms with Gasteiger partial charge in [-0.1, -0.05) is 0 Å². The van der Waals surface area contributed by atoms with E-state index in [9.17, 15) is 12.8 Å². The highest BCUT2D eigenvalue weighted by molar-refractivity contribution is 7.89. The van der Waals surface area contributed by atoms with Crippen LogP contribution in [0, 0.1) is 5.82 Å². The van der Waals surface area contributed by atoms with Crippen molar-refractivity contribution in [1.82, 2.24) is 9.62 Å². The number of rotatable bonds is 4. The zero-order valence-electron chi connectivity index (χ0n) is 12.2. The van der Waals surface area contributed by atoms with Gasteiger partial charge in [-0.05, 0) is 6.92 Å². The summed E-state index contributed by atoms with van der Waals surface area (Å²) in [5.41, 5.74) is 0. The lowest BCUT2D eigenvalue weighted by Crippen LogP contribution is -2.52. The highest BCUT2D eigenvalue weighted by Crippen LogP contribution is 2.33. The number of nitrogens with zero attached hydrogens (tertiary/aromatic N) is 1. The van der Waals surface area contributed by atoms with Crippen molar-refractivity contribution in [3.05, 3.63) is 17.9 Å². The van der Waals surface area contributed by atoms with Crippen LogP contribution in [0.25, 0.3) is 0 Å². The van der Waals surface area contributed by atoms with Crippen LogP contribution in [0.4, 0.5) is 4.39 Å². The lowest BCUT2D eigenvalue weighted by atomic mass is 10.3. The van der Waals surface area contributed by atoms with Crippen LogP contribution in [0.5, 0.6) is 11.5 Å². The molecule has 0 aromatic heterocycles. The molecule has 1 N–H and O–H groups in total. The van der Waals surface area contributed by atoms with Crippen LogP contribution in [0.1, 0.15) is 6.92 Å². The van der Waals surface area contributed by atoms with E-state index < -0.39 is 20.7 Å². The molecule has 118 valence electrons. The topological polar surface area (TPSA) is 67.9 Å². The van der Waals surface area contributed by atoms with E-state index in [1.165, 1.54) is 18.5 Å². The molecule has 1 aromatic carbocycles. The Balaban J connectivity index is 2.49. The van der Waals surface area contributed by atoms with Gasteiger partial charge in [-0.25, -0.2) is 12.8 Å². The van der Waals surface area contributed by atoms with Gasteiger partial charge < -0.3 is 14.8 Å². The lowest BCUT2D eigenvalue weighted by Gasteiger charge is -2.33.